The Morgan fingerprint density at radius 2 is 2.22 bits per heavy atom. The lowest BCUT2D eigenvalue weighted by atomic mass is 9.90. The third kappa shape index (κ3) is 3.18. The van der Waals surface area contributed by atoms with E-state index in [0.29, 0.717) is 6.10 Å². The average Bonchev–Trinajstić information content (AvgIpc) is 2.41. The monoisotopic (exact) mass is 262 g/mol. The molecule has 0 heterocycles. The molecule has 0 bridgehead atoms. The molecule has 0 fully saturated rings. The molecule has 0 aliphatic heterocycles. The van der Waals surface area contributed by atoms with Gasteiger partial charge in [0.25, 0.3) is 0 Å². The van der Waals surface area contributed by atoms with E-state index in [9.17, 15) is 0 Å². The number of rotatable bonds is 4. The Labute approximate surface area is 115 Å². The fraction of sp³-hybridized carbons (Fsp3) is 0.500. The SMILES string of the molecule is COC1CC=C(c2ccc(CSC)c(C)c2)CC1. The minimum absolute atomic E-state index is 0.422. The highest BCUT2D eigenvalue weighted by Crippen LogP contribution is 2.29. The molecule has 1 nitrogen and oxygen atoms in total. The van der Waals surface area contributed by atoms with Crippen LogP contribution < -0.4 is 0 Å². The highest BCUT2D eigenvalue weighted by atomic mass is 32.2. The molecule has 0 amide bonds. The third-order valence-corrected chi connectivity index (χ3v) is 4.31. The van der Waals surface area contributed by atoms with E-state index in [1.165, 1.54) is 22.3 Å². The summed E-state index contributed by atoms with van der Waals surface area (Å²) < 4.78 is 5.40. The molecule has 1 aliphatic rings. The number of allylic oxidation sites excluding steroid dienone is 1. The molecule has 2 heteroatoms. The van der Waals surface area contributed by atoms with Gasteiger partial charge in [-0.15, -0.1) is 0 Å². The molecule has 18 heavy (non-hydrogen) atoms. The van der Waals surface area contributed by atoms with E-state index in [-0.39, 0.29) is 0 Å². The quantitative estimate of drug-likeness (QED) is 0.793. The standard InChI is InChI=1S/C16H22OS/c1-12-10-14(4-5-15(12)11-18-3)13-6-8-16(17-2)9-7-13/h4-6,10,16H,7-9,11H2,1-3H3. The molecule has 1 aromatic carbocycles. The summed E-state index contributed by atoms with van der Waals surface area (Å²) in [7, 11) is 1.81. The molecule has 1 aliphatic carbocycles. The van der Waals surface area contributed by atoms with E-state index in [4.69, 9.17) is 4.74 Å². The number of hydrogen-bond acceptors (Lipinski definition) is 2. The van der Waals surface area contributed by atoms with Crippen molar-refractivity contribution in [3.63, 3.8) is 0 Å². The number of benzene rings is 1. The molecule has 1 atom stereocenters. The molecular weight excluding hydrogens is 240 g/mol. The largest absolute Gasteiger partial charge is 0.381 e. The maximum Gasteiger partial charge on any atom is 0.0609 e. The number of hydrogen-bond donors (Lipinski definition) is 0. The van der Waals surface area contributed by atoms with Gasteiger partial charge < -0.3 is 4.74 Å². The van der Waals surface area contributed by atoms with Gasteiger partial charge >= 0.3 is 0 Å². The number of thioether (sulfide) groups is 1. The highest BCUT2D eigenvalue weighted by molar-refractivity contribution is 7.97. The van der Waals surface area contributed by atoms with E-state index in [1.54, 1.807) is 0 Å². The normalized spacial score (nSPS) is 19.7. The Hall–Kier alpha value is -0.730. The second-order valence-electron chi connectivity index (χ2n) is 4.94. The van der Waals surface area contributed by atoms with Crippen molar-refractivity contribution in [2.45, 2.75) is 38.0 Å². The van der Waals surface area contributed by atoms with Crippen molar-refractivity contribution in [2.75, 3.05) is 13.4 Å². The zero-order valence-corrected chi connectivity index (χ0v) is 12.3. The summed E-state index contributed by atoms with van der Waals surface area (Å²) in [6, 6.07) is 6.90. The zero-order chi connectivity index (χ0) is 13.0. The predicted molar refractivity (Wildman–Crippen MR) is 81.0 cm³/mol. The van der Waals surface area contributed by atoms with Crippen LogP contribution in [0.25, 0.3) is 5.57 Å². The lowest BCUT2D eigenvalue weighted by Crippen LogP contribution is -2.13. The lowest BCUT2D eigenvalue weighted by Gasteiger charge is -2.21. The summed E-state index contributed by atoms with van der Waals surface area (Å²) in [5.74, 6) is 1.11. The molecule has 98 valence electrons. The summed E-state index contributed by atoms with van der Waals surface area (Å²) in [5, 5.41) is 0. The summed E-state index contributed by atoms with van der Waals surface area (Å²) in [5.41, 5.74) is 5.75. The van der Waals surface area contributed by atoms with Crippen molar-refractivity contribution in [2.24, 2.45) is 0 Å². The van der Waals surface area contributed by atoms with Gasteiger partial charge in [-0.3, -0.25) is 0 Å². The van der Waals surface area contributed by atoms with Gasteiger partial charge in [-0.2, -0.15) is 11.8 Å². The molecule has 0 saturated heterocycles. The Morgan fingerprint density at radius 3 is 2.78 bits per heavy atom. The average molecular weight is 262 g/mol. The van der Waals surface area contributed by atoms with Crippen LogP contribution in [-0.4, -0.2) is 19.5 Å². The van der Waals surface area contributed by atoms with Gasteiger partial charge in [-0.1, -0.05) is 24.3 Å². The Balaban J connectivity index is 2.15. The van der Waals surface area contributed by atoms with Crippen LogP contribution in [0.1, 0.15) is 36.0 Å². The smallest absolute Gasteiger partial charge is 0.0609 e. The van der Waals surface area contributed by atoms with Gasteiger partial charge in [-0.25, -0.2) is 0 Å². The van der Waals surface area contributed by atoms with Crippen molar-refractivity contribution < 1.29 is 4.74 Å². The van der Waals surface area contributed by atoms with Crippen molar-refractivity contribution >= 4 is 17.3 Å². The lowest BCUT2D eigenvalue weighted by molar-refractivity contribution is 0.0964. The summed E-state index contributed by atoms with van der Waals surface area (Å²) in [6.07, 6.45) is 8.26. The van der Waals surface area contributed by atoms with Crippen LogP contribution in [0.3, 0.4) is 0 Å². The molecule has 1 unspecified atom stereocenters. The van der Waals surface area contributed by atoms with Crippen LogP contribution in [-0.2, 0) is 10.5 Å². The van der Waals surface area contributed by atoms with Crippen molar-refractivity contribution in [3.05, 3.63) is 41.0 Å². The van der Waals surface area contributed by atoms with E-state index >= 15 is 0 Å². The first-order valence-electron chi connectivity index (χ1n) is 6.55. The Morgan fingerprint density at radius 1 is 1.39 bits per heavy atom. The highest BCUT2D eigenvalue weighted by Gasteiger charge is 2.14. The molecule has 0 spiro atoms. The van der Waals surface area contributed by atoms with E-state index in [0.717, 1.165) is 25.0 Å². The molecule has 0 aromatic heterocycles. The molecule has 1 aromatic rings. The van der Waals surface area contributed by atoms with Gasteiger partial charge in [-0.05, 0) is 54.7 Å². The van der Waals surface area contributed by atoms with E-state index < -0.39 is 0 Å². The summed E-state index contributed by atoms with van der Waals surface area (Å²) in [6.45, 7) is 2.22. The topological polar surface area (TPSA) is 9.23 Å². The number of ether oxygens (including phenoxy) is 1. The molecule has 2 rings (SSSR count). The maximum atomic E-state index is 5.40. The van der Waals surface area contributed by atoms with Gasteiger partial charge in [0, 0.05) is 12.9 Å². The first kappa shape index (κ1) is 13.7. The second-order valence-corrected chi connectivity index (χ2v) is 5.80. The van der Waals surface area contributed by atoms with Gasteiger partial charge in [0.15, 0.2) is 0 Å². The Kier molecular flexibility index (Phi) is 4.90. The minimum Gasteiger partial charge on any atom is -0.381 e. The fourth-order valence-electron chi connectivity index (χ4n) is 2.50. The fourth-order valence-corrected chi connectivity index (χ4v) is 3.13. The molecule has 0 radical (unpaired) electrons. The van der Waals surface area contributed by atoms with Crippen LogP contribution in [0.5, 0.6) is 0 Å². The van der Waals surface area contributed by atoms with Crippen LogP contribution in [0.4, 0.5) is 0 Å². The predicted octanol–water partition coefficient (Wildman–Crippen LogP) is 4.44. The summed E-state index contributed by atoms with van der Waals surface area (Å²) >= 11 is 1.88. The second kappa shape index (κ2) is 6.44. The zero-order valence-electron chi connectivity index (χ0n) is 11.5. The van der Waals surface area contributed by atoms with E-state index in [1.807, 2.05) is 18.9 Å². The first-order valence-corrected chi connectivity index (χ1v) is 7.94. The maximum absolute atomic E-state index is 5.40. The van der Waals surface area contributed by atoms with Crippen LogP contribution in [0, 0.1) is 6.92 Å². The summed E-state index contributed by atoms with van der Waals surface area (Å²) in [4.78, 5) is 0. The van der Waals surface area contributed by atoms with Gasteiger partial charge in [0.1, 0.15) is 0 Å². The van der Waals surface area contributed by atoms with Crippen molar-refractivity contribution in [1.82, 2.24) is 0 Å². The number of methoxy groups -OCH3 is 1. The molecular formula is C16H22OS. The van der Waals surface area contributed by atoms with Gasteiger partial charge in [0.05, 0.1) is 6.10 Å². The van der Waals surface area contributed by atoms with Crippen LogP contribution in [0.15, 0.2) is 24.3 Å². The Bertz CT molecular complexity index is 437. The van der Waals surface area contributed by atoms with Gasteiger partial charge in [0.2, 0.25) is 0 Å². The van der Waals surface area contributed by atoms with Crippen molar-refractivity contribution in [3.8, 4) is 0 Å². The van der Waals surface area contributed by atoms with Crippen LogP contribution >= 0.6 is 11.8 Å². The molecule has 0 N–H and O–H groups in total. The van der Waals surface area contributed by atoms with Crippen LogP contribution in [0.2, 0.25) is 0 Å². The minimum atomic E-state index is 0.422. The third-order valence-electron chi connectivity index (χ3n) is 3.71. The number of aryl methyl sites for hydroxylation is 1. The van der Waals surface area contributed by atoms with E-state index in [2.05, 4.69) is 37.5 Å². The van der Waals surface area contributed by atoms with Crippen molar-refractivity contribution in [1.29, 1.82) is 0 Å². The molecule has 0 saturated carbocycles. The first-order chi connectivity index (χ1) is 8.74.